The number of halogens is 4. The number of carbonyl (C=O) groups excluding carboxylic acids is 1. The second-order valence-electron chi connectivity index (χ2n) is 11.1. The molecular formula is C32H40F4O3. The fraction of sp³-hybridized carbons (Fsp3) is 0.594. The Morgan fingerprint density at radius 2 is 1.33 bits per heavy atom. The van der Waals surface area contributed by atoms with Crippen LogP contribution in [0.15, 0.2) is 24.3 Å². The van der Waals surface area contributed by atoms with Gasteiger partial charge < -0.3 is 9.47 Å². The van der Waals surface area contributed by atoms with Crippen molar-refractivity contribution in [2.45, 2.75) is 109 Å². The number of ether oxygens (including phenoxy) is 2. The Morgan fingerprint density at radius 1 is 0.744 bits per heavy atom. The van der Waals surface area contributed by atoms with Crippen LogP contribution in [0.1, 0.15) is 124 Å². The van der Waals surface area contributed by atoms with Gasteiger partial charge in [0.25, 0.3) is 0 Å². The largest absolute Gasteiger partial charge is 0.491 e. The van der Waals surface area contributed by atoms with Gasteiger partial charge in [0.05, 0.1) is 12.2 Å². The molecule has 0 heterocycles. The first-order valence-corrected chi connectivity index (χ1v) is 14.6. The minimum absolute atomic E-state index is 0.0323. The lowest BCUT2D eigenvalue weighted by Gasteiger charge is -2.30. The van der Waals surface area contributed by atoms with Crippen LogP contribution in [0.25, 0.3) is 0 Å². The molecular weight excluding hydrogens is 508 g/mol. The lowest BCUT2D eigenvalue weighted by molar-refractivity contribution is 0.0188. The third-order valence-corrected chi connectivity index (χ3v) is 8.60. The van der Waals surface area contributed by atoms with Gasteiger partial charge in [-0.2, -0.15) is 4.39 Å². The zero-order chi connectivity index (χ0) is 27.9. The second-order valence-corrected chi connectivity index (χ2v) is 11.1. The Kier molecular flexibility index (Phi) is 10.3. The van der Waals surface area contributed by atoms with Gasteiger partial charge in [-0.25, -0.2) is 18.0 Å². The molecule has 214 valence electrons. The van der Waals surface area contributed by atoms with Crippen molar-refractivity contribution in [1.29, 1.82) is 0 Å². The van der Waals surface area contributed by atoms with Crippen molar-refractivity contribution in [1.82, 2.24) is 0 Å². The SMILES string of the molecule is CCCCCC1CCC(c2ccc(C(=O)OC3CCC(c4ccc(OCC)c(F)c4F)CC3)c(F)c2F)CC1. The van der Waals surface area contributed by atoms with Crippen LogP contribution in [0.3, 0.4) is 0 Å². The summed E-state index contributed by atoms with van der Waals surface area (Å²) in [6.07, 6.45) is 9.90. The molecule has 2 aliphatic rings. The van der Waals surface area contributed by atoms with E-state index in [9.17, 15) is 18.0 Å². The van der Waals surface area contributed by atoms with E-state index in [0.717, 1.165) is 25.7 Å². The molecule has 0 spiro atoms. The molecule has 0 aliphatic heterocycles. The summed E-state index contributed by atoms with van der Waals surface area (Å²) in [5.41, 5.74) is 0.229. The van der Waals surface area contributed by atoms with Gasteiger partial charge >= 0.3 is 5.97 Å². The van der Waals surface area contributed by atoms with E-state index < -0.39 is 40.9 Å². The predicted octanol–water partition coefficient (Wildman–Crippen LogP) is 9.38. The highest BCUT2D eigenvalue weighted by atomic mass is 19.2. The highest BCUT2D eigenvalue weighted by Crippen LogP contribution is 2.40. The second kappa shape index (κ2) is 13.7. The molecule has 2 aliphatic carbocycles. The minimum Gasteiger partial charge on any atom is -0.491 e. The van der Waals surface area contributed by atoms with Crippen LogP contribution in [0.4, 0.5) is 17.6 Å². The summed E-state index contributed by atoms with van der Waals surface area (Å²) in [5, 5.41) is 0. The van der Waals surface area contributed by atoms with Crippen molar-refractivity contribution in [3.05, 3.63) is 64.2 Å². The summed E-state index contributed by atoms with van der Waals surface area (Å²) < 4.78 is 69.6. The van der Waals surface area contributed by atoms with E-state index in [-0.39, 0.29) is 29.8 Å². The number of hydrogen-bond donors (Lipinski definition) is 0. The zero-order valence-corrected chi connectivity index (χ0v) is 23.0. The number of rotatable bonds is 10. The van der Waals surface area contributed by atoms with E-state index in [1.54, 1.807) is 13.0 Å². The first-order valence-electron chi connectivity index (χ1n) is 14.6. The van der Waals surface area contributed by atoms with Crippen LogP contribution in [0.2, 0.25) is 0 Å². The molecule has 2 aromatic rings. The van der Waals surface area contributed by atoms with Gasteiger partial charge in [-0.1, -0.05) is 44.7 Å². The summed E-state index contributed by atoms with van der Waals surface area (Å²) in [5.74, 6) is -4.60. The van der Waals surface area contributed by atoms with Crippen LogP contribution in [-0.2, 0) is 4.74 Å². The first kappa shape index (κ1) is 29.4. The maximum atomic E-state index is 15.1. The maximum Gasteiger partial charge on any atom is 0.341 e. The molecule has 4 rings (SSSR count). The van der Waals surface area contributed by atoms with E-state index in [1.807, 2.05) is 0 Å². The van der Waals surface area contributed by atoms with Gasteiger partial charge in [-0.05, 0) is 99.3 Å². The van der Waals surface area contributed by atoms with Gasteiger partial charge in [0.2, 0.25) is 5.82 Å². The van der Waals surface area contributed by atoms with Crippen LogP contribution in [0.5, 0.6) is 5.75 Å². The number of hydrogen-bond acceptors (Lipinski definition) is 3. The van der Waals surface area contributed by atoms with E-state index in [1.165, 1.54) is 43.9 Å². The van der Waals surface area contributed by atoms with Crippen molar-refractivity contribution in [2.75, 3.05) is 6.61 Å². The average Bonchev–Trinajstić information content (AvgIpc) is 2.94. The van der Waals surface area contributed by atoms with Gasteiger partial charge in [0.15, 0.2) is 23.2 Å². The topological polar surface area (TPSA) is 35.5 Å². The number of unbranched alkanes of at least 4 members (excludes halogenated alkanes) is 2. The maximum absolute atomic E-state index is 15.1. The van der Waals surface area contributed by atoms with Crippen molar-refractivity contribution < 1.29 is 31.8 Å². The molecule has 0 aromatic heterocycles. The van der Waals surface area contributed by atoms with Crippen LogP contribution < -0.4 is 4.74 Å². The number of benzene rings is 2. The third kappa shape index (κ3) is 6.96. The highest BCUT2D eigenvalue weighted by molar-refractivity contribution is 5.90. The Hall–Kier alpha value is -2.57. The monoisotopic (exact) mass is 548 g/mol. The molecule has 0 unspecified atom stereocenters. The standard InChI is InChI=1S/C32H40F4O3/c1-3-5-6-7-20-8-10-21(11-9-20)24-16-17-26(30(35)28(24)33)32(37)39-23-14-12-22(13-15-23)25-18-19-27(38-4-2)31(36)29(25)34/h16-23H,3-15H2,1-2H3. The lowest BCUT2D eigenvalue weighted by atomic mass is 9.76. The molecule has 39 heavy (non-hydrogen) atoms. The average molecular weight is 549 g/mol. The van der Waals surface area contributed by atoms with Crippen LogP contribution in [-0.4, -0.2) is 18.7 Å². The van der Waals surface area contributed by atoms with Crippen molar-refractivity contribution in [3.63, 3.8) is 0 Å². The van der Waals surface area contributed by atoms with E-state index in [2.05, 4.69) is 6.92 Å². The molecule has 7 heteroatoms. The van der Waals surface area contributed by atoms with Gasteiger partial charge in [-0.3, -0.25) is 0 Å². The molecule has 2 aromatic carbocycles. The highest BCUT2D eigenvalue weighted by Gasteiger charge is 2.31. The van der Waals surface area contributed by atoms with Gasteiger partial charge in [0.1, 0.15) is 6.10 Å². The summed E-state index contributed by atoms with van der Waals surface area (Å²) in [6, 6.07) is 5.85. The molecule has 3 nitrogen and oxygen atoms in total. The third-order valence-electron chi connectivity index (χ3n) is 8.60. The van der Waals surface area contributed by atoms with Gasteiger partial charge in [0, 0.05) is 0 Å². The molecule has 0 atom stereocenters. The molecule has 0 N–H and O–H groups in total. The quantitative estimate of drug-likeness (QED) is 0.169. The molecule has 0 radical (unpaired) electrons. The van der Waals surface area contributed by atoms with E-state index in [4.69, 9.17) is 9.47 Å². The Bertz CT molecular complexity index is 1120. The van der Waals surface area contributed by atoms with Crippen LogP contribution >= 0.6 is 0 Å². The molecule has 0 amide bonds. The van der Waals surface area contributed by atoms with Crippen molar-refractivity contribution >= 4 is 5.97 Å². The first-order chi connectivity index (χ1) is 18.8. The Balaban J connectivity index is 1.32. The molecule has 0 bridgehead atoms. The Morgan fingerprint density at radius 3 is 1.95 bits per heavy atom. The summed E-state index contributed by atoms with van der Waals surface area (Å²) in [7, 11) is 0. The lowest BCUT2D eigenvalue weighted by Crippen LogP contribution is -2.25. The molecule has 0 saturated heterocycles. The van der Waals surface area contributed by atoms with Gasteiger partial charge in [-0.15, -0.1) is 0 Å². The summed E-state index contributed by atoms with van der Waals surface area (Å²) >= 11 is 0. The number of esters is 1. The smallest absolute Gasteiger partial charge is 0.341 e. The fourth-order valence-electron chi connectivity index (χ4n) is 6.32. The Labute approximate surface area is 229 Å². The fourth-order valence-corrected chi connectivity index (χ4v) is 6.32. The zero-order valence-electron chi connectivity index (χ0n) is 23.0. The predicted molar refractivity (Wildman–Crippen MR) is 143 cm³/mol. The van der Waals surface area contributed by atoms with Crippen molar-refractivity contribution in [2.24, 2.45) is 5.92 Å². The normalized spacial score (nSPS) is 23.4. The summed E-state index contributed by atoms with van der Waals surface area (Å²) in [6.45, 7) is 4.12. The van der Waals surface area contributed by atoms with Crippen LogP contribution in [0, 0.1) is 29.2 Å². The van der Waals surface area contributed by atoms with Crippen molar-refractivity contribution in [3.8, 4) is 5.75 Å². The molecule has 2 fully saturated rings. The number of carbonyl (C=O) groups is 1. The van der Waals surface area contributed by atoms with E-state index in [0.29, 0.717) is 37.2 Å². The molecule has 2 saturated carbocycles. The minimum atomic E-state index is -1.15. The van der Waals surface area contributed by atoms with E-state index >= 15 is 4.39 Å². The summed E-state index contributed by atoms with van der Waals surface area (Å²) in [4.78, 5) is 12.7.